The summed E-state index contributed by atoms with van der Waals surface area (Å²) in [6, 6.07) is 5.48. The predicted octanol–water partition coefficient (Wildman–Crippen LogP) is 2.23. The number of benzene rings is 1. The quantitative estimate of drug-likeness (QED) is 0.800. The summed E-state index contributed by atoms with van der Waals surface area (Å²) >= 11 is 0. The third kappa shape index (κ3) is 2.62. The van der Waals surface area contributed by atoms with E-state index in [2.05, 4.69) is 0 Å². The Kier molecular flexibility index (Phi) is 4.32. The Hall–Kier alpha value is -1.84. The summed E-state index contributed by atoms with van der Waals surface area (Å²) in [4.78, 5) is 24.3. The molecule has 1 saturated carbocycles. The highest BCUT2D eigenvalue weighted by Gasteiger charge is 2.50. The Balaban J connectivity index is 2.39. The van der Waals surface area contributed by atoms with E-state index < -0.39 is 17.3 Å². The van der Waals surface area contributed by atoms with E-state index in [0.717, 1.165) is 5.56 Å². The van der Waals surface area contributed by atoms with E-state index in [1.807, 2.05) is 39.8 Å². The van der Waals surface area contributed by atoms with Crippen molar-refractivity contribution in [3.63, 3.8) is 0 Å². The van der Waals surface area contributed by atoms with Crippen LogP contribution in [0.25, 0.3) is 0 Å². The molecule has 22 heavy (non-hydrogen) atoms. The van der Waals surface area contributed by atoms with Gasteiger partial charge in [-0.05, 0) is 36.8 Å². The Labute approximate surface area is 131 Å². The number of carboxylic acid groups (broad SMARTS) is 1. The van der Waals surface area contributed by atoms with Crippen molar-refractivity contribution >= 4 is 11.8 Å². The normalized spacial score (nSPS) is 26.7. The van der Waals surface area contributed by atoms with Crippen LogP contribution in [0, 0.1) is 30.1 Å². The zero-order chi connectivity index (χ0) is 16.7. The van der Waals surface area contributed by atoms with E-state index >= 15 is 0 Å². The molecule has 1 aromatic carbocycles. The fraction of sp³-hybridized carbons (Fsp3) is 0.556. The number of carbonyl (C=O) groups excluding carboxylic acids is 2. The summed E-state index contributed by atoms with van der Waals surface area (Å²) in [6.45, 7) is 7.67. The van der Waals surface area contributed by atoms with E-state index in [-0.39, 0.29) is 17.6 Å². The van der Waals surface area contributed by atoms with Crippen molar-refractivity contribution in [1.82, 2.24) is 0 Å². The molecule has 120 valence electrons. The third-order valence-electron chi connectivity index (χ3n) is 5.41. The molecule has 1 fully saturated rings. The highest BCUT2D eigenvalue weighted by molar-refractivity contribution is 6.01. The monoisotopic (exact) mass is 303 g/mol. The fourth-order valence-electron chi connectivity index (χ4n) is 3.55. The first-order chi connectivity index (χ1) is 10.2. The first-order valence-corrected chi connectivity index (χ1v) is 7.59. The molecule has 4 heteroatoms. The molecule has 0 saturated heterocycles. The van der Waals surface area contributed by atoms with Crippen LogP contribution in [0.5, 0.6) is 5.75 Å². The molecule has 0 aromatic heterocycles. The van der Waals surface area contributed by atoms with E-state index in [1.165, 1.54) is 7.11 Å². The van der Waals surface area contributed by atoms with Crippen molar-refractivity contribution in [1.29, 1.82) is 0 Å². The maximum Gasteiger partial charge on any atom is 0.169 e. The zero-order valence-electron chi connectivity index (χ0n) is 13.8. The maximum atomic E-state index is 13.0. The van der Waals surface area contributed by atoms with Crippen molar-refractivity contribution in [2.24, 2.45) is 23.2 Å². The topological polar surface area (TPSA) is 66.4 Å². The van der Waals surface area contributed by atoms with E-state index in [1.54, 1.807) is 6.07 Å². The summed E-state index contributed by atoms with van der Waals surface area (Å²) < 4.78 is 5.29. The van der Waals surface area contributed by atoms with E-state index in [4.69, 9.17) is 4.74 Å². The molecule has 0 amide bonds. The standard InChI is InChI=1S/C18H24O4/c1-10-6-7-15(22-5)13(8-10)16(19)12-9-14(17(20)21)18(3,4)11(12)2/h6-8,11-12,14H,9H2,1-5H3,(H,20,21)/p-1/t11-,12-,14-/m1/s1. The minimum absolute atomic E-state index is 0.0341. The van der Waals surface area contributed by atoms with Gasteiger partial charge in [-0.25, -0.2) is 0 Å². The summed E-state index contributed by atoms with van der Waals surface area (Å²) in [5, 5.41) is 11.4. The molecule has 3 atom stereocenters. The number of ketones is 1. The van der Waals surface area contributed by atoms with Crippen LogP contribution in [0.2, 0.25) is 0 Å². The second kappa shape index (κ2) is 5.75. The number of hydrogen-bond donors (Lipinski definition) is 0. The van der Waals surface area contributed by atoms with Crippen LogP contribution in [0.1, 0.15) is 43.1 Å². The minimum Gasteiger partial charge on any atom is -0.550 e. The van der Waals surface area contributed by atoms with Crippen molar-refractivity contribution in [3.05, 3.63) is 29.3 Å². The molecule has 2 rings (SSSR count). The van der Waals surface area contributed by atoms with Crippen LogP contribution in [0.15, 0.2) is 18.2 Å². The number of aliphatic carboxylic acids is 1. The average molecular weight is 303 g/mol. The second-order valence-electron chi connectivity index (χ2n) is 6.89. The molecular formula is C18H23O4-. The van der Waals surface area contributed by atoms with Gasteiger partial charge >= 0.3 is 0 Å². The largest absolute Gasteiger partial charge is 0.550 e. The van der Waals surface area contributed by atoms with Crippen molar-refractivity contribution in [3.8, 4) is 5.75 Å². The van der Waals surface area contributed by atoms with E-state index in [0.29, 0.717) is 17.7 Å². The lowest BCUT2D eigenvalue weighted by molar-refractivity contribution is -0.314. The summed E-state index contributed by atoms with van der Waals surface area (Å²) in [6.07, 6.45) is 0.326. The van der Waals surface area contributed by atoms with Gasteiger partial charge in [-0.2, -0.15) is 0 Å². The molecular weight excluding hydrogens is 280 g/mol. The predicted molar refractivity (Wildman–Crippen MR) is 81.6 cm³/mol. The molecule has 0 spiro atoms. The number of Topliss-reactive ketones (excluding diaryl/α,β-unsaturated/α-hetero) is 1. The second-order valence-corrected chi connectivity index (χ2v) is 6.89. The Morgan fingerprint density at radius 1 is 1.32 bits per heavy atom. The molecule has 1 aliphatic rings. The van der Waals surface area contributed by atoms with Gasteiger partial charge in [0, 0.05) is 17.8 Å². The van der Waals surface area contributed by atoms with Crippen molar-refractivity contribution in [2.75, 3.05) is 7.11 Å². The summed E-state index contributed by atoms with van der Waals surface area (Å²) in [5.41, 5.74) is 1.05. The number of methoxy groups -OCH3 is 1. The lowest BCUT2D eigenvalue weighted by Crippen LogP contribution is -2.38. The smallest absolute Gasteiger partial charge is 0.169 e. The Morgan fingerprint density at radius 3 is 2.45 bits per heavy atom. The molecule has 0 unspecified atom stereocenters. The van der Waals surface area contributed by atoms with Crippen molar-refractivity contribution < 1.29 is 19.4 Å². The van der Waals surface area contributed by atoms with Gasteiger partial charge in [-0.15, -0.1) is 0 Å². The van der Waals surface area contributed by atoms with Gasteiger partial charge < -0.3 is 14.6 Å². The van der Waals surface area contributed by atoms with Gasteiger partial charge in [0.2, 0.25) is 0 Å². The Morgan fingerprint density at radius 2 is 1.95 bits per heavy atom. The fourth-order valence-corrected chi connectivity index (χ4v) is 3.55. The molecule has 0 radical (unpaired) electrons. The lowest BCUT2D eigenvalue weighted by atomic mass is 9.74. The van der Waals surface area contributed by atoms with Gasteiger partial charge in [-0.1, -0.05) is 32.4 Å². The van der Waals surface area contributed by atoms with Gasteiger partial charge in [0.05, 0.1) is 12.7 Å². The van der Waals surface area contributed by atoms with Gasteiger partial charge in [-0.3, -0.25) is 4.79 Å². The number of hydrogen-bond acceptors (Lipinski definition) is 4. The van der Waals surface area contributed by atoms with Crippen LogP contribution >= 0.6 is 0 Å². The maximum absolute atomic E-state index is 13.0. The number of rotatable bonds is 4. The zero-order valence-corrected chi connectivity index (χ0v) is 13.8. The molecule has 0 bridgehead atoms. The van der Waals surface area contributed by atoms with Crippen LogP contribution in [0.3, 0.4) is 0 Å². The summed E-state index contributed by atoms with van der Waals surface area (Å²) in [7, 11) is 1.54. The molecule has 4 nitrogen and oxygen atoms in total. The van der Waals surface area contributed by atoms with Crippen LogP contribution in [0.4, 0.5) is 0 Å². The highest BCUT2D eigenvalue weighted by atomic mass is 16.5. The first kappa shape index (κ1) is 16.5. The minimum atomic E-state index is -1.07. The number of aryl methyl sites for hydroxylation is 1. The van der Waals surface area contributed by atoms with Gasteiger partial charge in [0.1, 0.15) is 5.75 Å². The molecule has 0 heterocycles. The highest BCUT2D eigenvalue weighted by Crippen LogP contribution is 2.51. The van der Waals surface area contributed by atoms with E-state index in [9.17, 15) is 14.7 Å². The Bertz CT molecular complexity index is 603. The number of ether oxygens (including phenoxy) is 1. The lowest BCUT2D eigenvalue weighted by Gasteiger charge is -2.32. The summed E-state index contributed by atoms with van der Waals surface area (Å²) in [5.74, 6) is -1.53. The SMILES string of the molecule is COc1ccc(C)cc1C(=O)[C@@H]1C[C@H](C(=O)[O-])C(C)(C)[C@@H]1C. The molecule has 1 aromatic rings. The van der Waals surface area contributed by atoms with Crippen LogP contribution in [-0.2, 0) is 4.79 Å². The molecule has 0 N–H and O–H groups in total. The van der Waals surface area contributed by atoms with Gasteiger partial charge in [0.25, 0.3) is 0 Å². The van der Waals surface area contributed by atoms with Gasteiger partial charge in [0.15, 0.2) is 5.78 Å². The van der Waals surface area contributed by atoms with Crippen LogP contribution in [-0.4, -0.2) is 18.9 Å². The first-order valence-electron chi connectivity index (χ1n) is 7.59. The van der Waals surface area contributed by atoms with Crippen LogP contribution < -0.4 is 9.84 Å². The molecule has 0 aliphatic heterocycles. The molecule has 1 aliphatic carbocycles. The number of carbonyl (C=O) groups is 2. The number of carboxylic acids is 1. The van der Waals surface area contributed by atoms with Crippen molar-refractivity contribution in [2.45, 2.75) is 34.1 Å². The average Bonchev–Trinajstić information content (AvgIpc) is 2.69. The third-order valence-corrected chi connectivity index (χ3v) is 5.41.